The van der Waals surface area contributed by atoms with Crippen molar-refractivity contribution in [3.8, 4) is 0 Å². The number of hydrazone groups is 1. The van der Waals surface area contributed by atoms with Crippen molar-refractivity contribution < 1.29 is 17.9 Å². The molecule has 138 valence electrons. The van der Waals surface area contributed by atoms with Gasteiger partial charge in [-0.05, 0) is 32.0 Å². The Bertz CT molecular complexity index is 938. The molecule has 0 radical (unpaired) electrons. The van der Waals surface area contributed by atoms with Crippen LogP contribution >= 0.6 is 0 Å². The van der Waals surface area contributed by atoms with E-state index in [1.54, 1.807) is 19.9 Å². The molecule has 0 bridgehead atoms. The summed E-state index contributed by atoms with van der Waals surface area (Å²) in [7, 11) is -3.02. The number of hydrogen-bond acceptors (Lipinski definition) is 8. The molecule has 0 saturated carbocycles. The summed E-state index contributed by atoms with van der Waals surface area (Å²) in [6, 6.07) is 7.34. The summed E-state index contributed by atoms with van der Waals surface area (Å²) >= 11 is 0. The van der Waals surface area contributed by atoms with E-state index in [4.69, 9.17) is 5.84 Å². The highest BCUT2D eigenvalue weighted by Crippen LogP contribution is 2.16. The van der Waals surface area contributed by atoms with Crippen molar-refractivity contribution in [1.82, 2.24) is 14.7 Å². The van der Waals surface area contributed by atoms with Crippen LogP contribution in [0.15, 0.2) is 40.3 Å². The van der Waals surface area contributed by atoms with Crippen molar-refractivity contribution in [3.05, 3.63) is 47.3 Å². The summed E-state index contributed by atoms with van der Waals surface area (Å²) in [4.78, 5) is 19.7. The van der Waals surface area contributed by atoms with Crippen LogP contribution in [0.4, 0.5) is 5.95 Å². The largest absolute Gasteiger partial charge is 0.465 e. The lowest BCUT2D eigenvalue weighted by atomic mass is 10.2. The van der Waals surface area contributed by atoms with Gasteiger partial charge in [-0.1, -0.05) is 12.1 Å². The summed E-state index contributed by atoms with van der Waals surface area (Å²) in [5.41, 5.74) is 1.23. The number of rotatable bonds is 4. The van der Waals surface area contributed by atoms with Gasteiger partial charge < -0.3 is 10.6 Å². The zero-order valence-corrected chi connectivity index (χ0v) is 15.2. The molecule has 2 rings (SSSR count). The van der Waals surface area contributed by atoms with E-state index in [0.29, 0.717) is 11.4 Å². The van der Waals surface area contributed by atoms with Crippen molar-refractivity contribution in [3.63, 3.8) is 0 Å². The standard InChI is InChI=1S/C15H18N6O4S/c1-9-8-10(2)18-14(17-9)19-15(20-16)21-26(23,24)12-7-5-4-6-11(12)13(22)25-3/h4-8H,16H2,1-3H3,(H2,17,18,19,20,21). The minimum absolute atomic E-state index is 0.121. The molecule has 2 aromatic rings. The lowest BCUT2D eigenvalue weighted by molar-refractivity contribution is 0.0596. The second-order valence-electron chi connectivity index (χ2n) is 5.17. The number of nitrogens with two attached hydrogens (primary N) is 1. The summed E-state index contributed by atoms with van der Waals surface area (Å²) in [5.74, 6) is 4.28. The van der Waals surface area contributed by atoms with Gasteiger partial charge in [0.15, 0.2) is 0 Å². The second-order valence-corrected chi connectivity index (χ2v) is 6.82. The summed E-state index contributed by atoms with van der Waals surface area (Å²) in [5, 5.41) is 5.96. The Balaban J connectivity index is 2.31. The number of sulfonamides is 1. The highest BCUT2D eigenvalue weighted by molar-refractivity contribution is 7.90. The van der Waals surface area contributed by atoms with Crippen molar-refractivity contribution >= 4 is 27.9 Å². The molecule has 0 atom stereocenters. The highest BCUT2D eigenvalue weighted by Gasteiger charge is 2.24. The number of carbonyl (C=O) groups excluding carboxylic acids is 1. The number of aryl methyl sites for hydroxylation is 2. The Morgan fingerprint density at radius 3 is 2.38 bits per heavy atom. The number of benzene rings is 1. The molecular formula is C15H18N6O4S. The number of ether oxygens (including phenoxy) is 1. The van der Waals surface area contributed by atoms with E-state index in [0.717, 1.165) is 7.11 Å². The fourth-order valence-electron chi connectivity index (χ4n) is 2.13. The Kier molecular flexibility index (Phi) is 5.72. The third-order valence-corrected chi connectivity index (χ3v) is 4.55. The van der Waals surface area contributed by atoms with E-state index < -0.39 is 16.0 Å². The van der Waals surface area contributed by atoms with E-state index in [2.05, 4.69) is 29.8 Å². The molecule has 0 aliphatic heterocycles. The van der Waals surface area contributed by atoms with Crippen molar-refractivity contribution in [2.24, 2.45) is 10.9 Å². The predicted octanol–water partition coefficient (Wildman–Crippen LogP) is 0.500. The first-order valence-electron chi connectivity index (χ1n) is 7.34. The van der Waals surface area contributed by atoms with Crippen molar-refractivity contribution in [2.45, 2.75) is 18.7 Å². The molecule has 0 aliphatic rings. The average Bonchev–Trinajstić information content (AvgIpc) is 2.59. The van der Waals surface area contributed by atoms with Gasteiger partial charge in [-0.2, -0.15) is 0 Å². The molecule has 0 unspecified atom stereocenters. The van der Waals surface area contributed by atoms with Crippen molar-refractivity contribution in [2.75, 3.05) is 12.4 Å². The number of aromatic nitrogens is 2. The van der Waals surface area contributed by atoms with Crippen molar-refractivity contribution in [1.29, 1.82) is 0 Å². The molecule has 26 heavy (non-hydrogen) atoms. The molecular weight excluding hydrogens is 360 g/mol. The highest BCUT2D eigenvalue weighted by atomic mass is 32.2. The fourth-order valence-corrected chi connectivity index (χ4v) is 3.30. The number of esters is 1. The van der Waals surface area contributed by atoms with Gasteiger partial charge >= 0.3 is 5.97 Å². The normalized spacial score (nSPS) is 11.7. The molecule has 0 aliphatic carbocycles. The van der Waals surface area contributed by atoms with E-state index in [9.17, 15) is 13.2 Å². The zero-order chi connectivity index (χ0) is 19.3. The minimum Gasteiger partial charge on any atom is -0.465 e. The van der Waals surface area contributed by atoms with Crippen LogP contribution < -0.4 is 15.9 Å². The molecule has 0 fully saturated rings. The van der Waals surface area contributed by atoms with Gasteiger partial charge in [0.05, 0.1) is 12.7 Å². The van der Waals surface area contributed by atoms with Gasteiger partial charge in [0.25, 0.3) is 10.0 Å². The lowest BCUT2D eigenvalue weighted by Crippen LogP contribution is -2.38. The van der Waals surface area contributed by atoms with E-state index >= 15 is 0 Å². The topological polar surface area (TPSA) is 149 Å². The second kappa shape index (κ2) is 7.78. The number of carbonyl (C=O) groups is 1. The SMILES string of the molecule is COC(=O)c1ccccc1S(=O)(=O)N/C(=N\N)Nc1nc(C)cc(C)n1. The molecule has 0 saturated heterocycles. The van der Waals surface area contributed by atoms with Gasteiger partial charge in [0.1, 0.15) is 4.90 Å². The molecule has 4 N–H and O–H groups in total. The smallest absolute Gasteiger partial charge is 0.339 e. The predicted molar refractivity (Wildman–Crippen MR) is 94.9 cm³/mol. The summed E-state index contributed by atoms with van der Waals surface area (Å²) in [6.07, 6.45) is 0. The van der Waals surface area contributed by atoms with E-state index in [1.165, 1.54) is 24.3 Å². The van der Waals surface area contributed by atoms with Crippen LogP contribution in [-0.4, -0.2) is 37.4 Å². The molecule has 0 spiro atoms. The number of anilines is 1. The molecule has 10 nitrogen and oxygen atoms in total. The summed E-state index contributed by atoms with van der Waals surface area (Å²) < 4.78 is 32.0. The Hall–Kier alpha value is -3.21. The van der Waals surface area contributed by atoms with Crippen LogP contribution in [-0.2, 0) is 14.8 Å². The fraction of sp³-hybridized carbons (Fsp3) is 0.200. The molecule has 1 aromatic heterocycles. The monoisotopic (exact) mass is 378 g/mol. The van der Waals surface area contributed by atoms with Crippen LogP contribution in [0, 0.1) is 13.8 Å². The van der Waals surface area contributed by atoms with E-state index in [-0.39, 0.29) is 22.4 Å². The van der Waals surface area contributed by atoms with Gasteiger partial charge in [-0.25, -0.2) is 27.9 Å². The van der Waals surface area contributed by atoms with Crippen LogP contribution in [0.5, 0.6) is 0 Å². The minimum atomic E-state index is -4.18. The quantitative estimate of drug-likeness (QED) is 0.229. The van der Waals surface area contributed by atoms with Gasteiger partial charge in [-0.3, -0.25) is 5.32 Å². The molecule has 1 heterocycles. The average molecular weight is 378 g/mol. The lowest BCUT2D eigenvalue weighted by Gasteiger charge is -2.13. The molecule has 1 aromatic carbocycles. The Morgan fingerprint density at radius 2 is 1.81 bits per heavy atom. The zero-order valence-electron chi connectivity index (χ0n) is 14.3. The van der Waals surface area contributed by atoms with Gasteiger partial charge in [0.2, 0.25) is 11.9 Å². The maximum Gasteiger partial charge on any atom is 0.339 e. The van der Waals surface area contributed by atoms with Crippen LogP contribution in [0.1, 0.15) is 21.7 Å². The first kappa shape index (κ1) is 19.1. The third-order valence-electron chi connectivity index (χ3n) is 3.15. The van der Waals surface area contributed by atoms with Crippen LogP contribution in [0.2, 0.25) is 0 Å². The van der Waals surface area contributed by atoms with Gasteiger partial charge in [-0.15, -0.1) is 5.10 Å². The number of nitrogens with zero attached hydrogens (tertiary/aromatic N) is 3. The van der Waals surface area contributed by atoms with Crippen LogP contribution in [0.3, 0.4) is 0 Å². The Labute approximate surface area is 150 Å². The third kappa shape index (κ3) is 4.45. The number of nitrogens with one attached hydrogen (secondary N) is 2. The first-order chi connectivity index (χ1) is 12.3. The molecule has 0 amide bonds. The maximum absolute atomic E-state index is 12.6. The van der Waals surface area contributed by atoms with Crippen LogP contribution in [0.25, 0.3) is 0 Å². The summed E-state index contributed by atoms with van der Waals surface area (Å²) in [6.45, 7) is 3.52. The first-order valence-corrected chi connectivity index (χ1v) is 8.82. The Morgan fingerprint density at radius 1 is 1.19 bits per heavy atom. The number of hydrogen-bond donors (Lipinski definition) is 3. The van der Waals surface area contributed by atoms with E-state index in [1.807, 2.05) is 0 Å². The number of guanidine groups is 1. The molecule has 11 heteroatoms. The maximum atomic E-state index is 12.6. The number of methoxy groups -OCH3 is 1. The van der Waals surface area contributed by atoms with Gasteiger partial charge in [0, 0.05) is 11.4 Å².